The molecule has 0 amide bonds. The fourth-order valence-electron chi connectivity index (χ4n) is 0.922. The Morgan fingerprint density at radius 3 is 1.50 bits per heavy atom. The highest BCUT2D eigenvalue weighted by molar-refractivity contribution is 5.90. The third-order valence-electron chi connectivity index (χ3n) is 1.89. The molecule has 0 heterocycles. The van der Waals surface area contributed by atoms with Gasteiger partial charge in [0.05, 0.1) is 26.4 Å². The Morgan fingerprint density at radius 1 is 0.900 bits per heavy atom. The lowest BCUT2D eigenvalue weighted by atomic mass is 10.3. The highest BCUT2D eigenvalue weighted by atomic mass is 16.5. The van der Waals surface area contributed by atoms with Crippen molar-refractivity contribution >= 4 is 11.9 Å². The number of hydrogen-bond acceptors (Lipinski definition) is 6. The van der Waals surface area contributed by atoms with E-state index in [1.165, 1.54) is 0 Å². The number of hydrogen-bond donors (Lipinski definition) is 0. The fourth-order valence-corrected chi connectivity index (χ4v) is 0.922. The van der Waals surface area contributed by atoms with Crippen molar-refractivity contribution in [2.45, 2.75) is 12.8 Å². The van der Waals surface area contributed by atoms with E-state index >= 15 is 0 Å². The molecule has 0 rings (SSSR count). The standard InChI is InChI=1S/C12H12N2O6/c1-13-9(7-15)11(17)19-5-3-4-6-20-12(18)10(8-16)14-2/h7-8,15-16H,3-6H2/p-2/b9-7+,10-8+. The molecule has 0 aliphatic rings. The number of ether oxygens (including phenoxy) is 2. The first-order chi connectivity index (χ1) is 9.60. The Bertz CT molecular complexity index is 449. The zero-order valence-electron chi connectivity index (χ0n) is 10.3. The van der Waals surface area contributed by atoms with Gasteiger partial charge in [-0.3, -0.25) is 9.59 Å². The summed E-state index contributed by atoms with van der Waals surface area (Å²) in [6.45, 7) is 12.9. The van der Waals surface area contributed by atoms with Crippen molar-refractivity contribution in [3.05, 3.63) is 46.8 Å². The van der Waals surface area contributed by atoms with Gasteiger partial charge in [0.2, 0.25) is 0 Å². The lowest BCUT2D eigenvalue weighted by molar-refractivity contribution is -0.276. The molecule has 0 aromatic heterocycles. The predicted octanol–water partition coefficient (Wildman–Crippen LogP) is -0.905. The highest BCUT2D eigenvalue weighted by Gasteiger charge is 2.09. The summed E-state index contributed by atoms with van der Waals surface area (Å²) in [5.41, 5.74) is -1.28. The molecule has 0 aliphatic carbocycles. The molecule has 0 aromatic carbocycles. The summed E-state index contributed by atoms with van der Waals surface area (Å²) >= 11 is 0. The first-order valence-electron chi connectivity index (χ1n) is 5.34. The summed E-state index contributed by atoms with van der Waals surface area (Å²) in [4.78, 5) is 27.4. The number of carbonyl (C=O) groups is 2. The van der Waals surface area contributed by atoms with Gasteiger partial charge in [0.15, 0.2) is 0 Å². The zero-order valence-corrected chi connectivity index (χ0v) is 10.3. The molecule has 0 aromatic rings. The maximum absolute atomic E-state index is 11.0. The molecule has 8 nitrogen and oxygen atoms in total. The van der Waals surface area contributed by atoms with Crippen LogP contribution in [0.5, 0.6) is 0 Å². The lowest BCUT2D eigenvalue weighted by Crippen LogP contribution is -2.11. The average Bonchev–Trinajstić information content (AvgIpc) is 2.45. The lowest BCUT2D eigenvalue weighted by Gasteiger charge is -2.06. The highest BCUT2D eigenvalue weighted by Crippen LogP contribution is 2.02. The van der Waals surface area contributed by atoms with Gasteiger partial charge in [0.1, 0.15) is 0 Å². The van der Waals surface area contributed by atoms with E-state index in [2.05, 4.69) is 19.2 Å². The molecule has 106 valence electrons. The molecular formula is C12H10N2O6-2. The Balaban J connectivity index is 3.81. The van der Waals surface area contributed by atoms with Crippen molar-refractivity contribution in [2.75, 3.05) is 13.2 Å². The second-order valence-electron chi connectivity index (χ2n) is 3.21. The van der Waals surface area contributed by atoms with Crippen molar-refractivity contribution in [1.29, 1.82) is 0 Å². The first-order valence-corrected chi connectivity index (χ1v) is 5.34. The predicted molar refractivity (Wildman–Crippen MR) is 60.5 cm³/mol. The van der Waals surface area contributed by atoms with Crippen LogP contribution < -0.4 is 10.2 Å². The normalized spacial score (nSPS) is 11.1. The van der Waals surface area contributed by atoms with E-state index in [-0.39, 0.29) is 25.7 Å². The maximum Gasteiger partial charge on any atom is 0.334 e. The number of carbonyl (C=O) groups excluding carboxylic acids is 2. The summed E-state index contributed by atoms with van der Waals surface area (Å²) in [6.07, 6.45) is 0.881. The monoisotopic (exact) mass is 278 g/mol. The van der Waals surface area contributed by atoms with E-state index in [4.69, 9.17) is 13.1 Å². The third-order valence-corrected chi connectivity index (χ3v) is 1.89. The molecule has 8 heteroatoms. The molecule has 0 saturated carbocycles. The molecule has 0 unspecified atom stereocenters. The van der Waals surface area contributed by atoms with Gasteiger partial charge < -0.3 is 19.7 Å². The van der Waals surface area contributed by atoms with Crippen LogP contribution in [-0.4, -0.2) is 25.2 Å². The second kappa shape index (κ2) is 9.97. The summed E-state index contributed by atoms with van der Waals surface area (Å²) < 4.78 is 9.22. The van der Waals surface area contributed by atoms with E-state index < -0.39 is 23.3 Å². The summed E-state index contributed by atoms with van der Waals surface area (Å²) in [6, 6.07) is 0. The van der Waals surface area contributed by atoms with Crippen molar-refractivity contribution in [3.8, 4) is 0 Å². The van der Waals surface area contributed by atoms with E-state index in [0.29, 0.717) is 12.8 Å². The molecule has 0 spiro atoms. The molecule has 0 fully saturated rings. The van der Waals surface area contributed by atoms with Gasteiger partial charge in [-0.15, -0.1) is 12.5 Å². The number of rotatable bonds is 7. The molecule has 0 aliphatic heterocycles. The van der Waals surface area contributed by atoms with Crippen molar-refractivity contribution in [2.24, 2.45) is 0 Å². The van der Waals surface area contributed by atoms with Gasteiger partial charge in [0, 0.05) is 0 Å². The Morgan fingerprint density at radius 2 is 1.25 bits per heavy atom. The maximum atomic E-state index is 11.0. The van der Waals surface area contributed by atoms with E-state index in [9.17, 15) is 19.8 Å². The van der Waals surface area contributed by atoms with Gasteiger partial charge in [-0.25, -0.2) is 9.69 Å². The molecular weight excluding hydrogens is 268 g/mol. The van der Waals surface area contributed by atoms with Crippen LogP contribution >= 0.6 is 0 Å². The zero-order chi connectivity index (χ0) is 15.4. The summed E-state index contributed by atoms with van der Waals surface area (Å²) in [5.74, 6) is -2.01. The van der Waals surface area contributed by atoms with E-state index in [0.717, 1.165) is 0 Å². The quantitative estimate of drug-likeness (QED) is 0.196. The minimum atomic E-state index is -1.00. The molecule has 0 N–H and O–H groups in total. The minimum Gasteiger partial charge on any atom is -0.886 e. The molecule has 0 atom stereocenters. The molecule has 0 radical (unpaired) electrons. The summed E-state index contributed by atoms with van der Waals surface area (Å²) in [5, 5.41) is 20.5. The van der Waals surface area contributed by atoms with Crippen LogP contribution in [-0.2, 0) is 19.1 Å². The number of esters is 2. The van der Waals surface area contributed by atoms with Crippen LogP contribution in [0.2, 0.25) is 0 Å². The first kappa shape index (κ1) is 17.0. The van der Waals surface area contributed by atoms with Gasteiger partial charge in [0.25, 0.3) is 11.4 Å². The minimum absolute atomic E-state index is 0.0453. The smallest absolute Gasteiger partial charge is 0.334 e. The third kappa shape index (κ3) is 6.07. The summed E-state index contributed by atoms with van der Waals surface area (Å²) in [7, 11) is 0. The van der Waals surface area contributed by atoms with Gasteiger partial charge in [-0.05, 0) is 12.8 Å². The Hall–Kier alpha value is -3.00. The van der Waals surface area contributed by atoms with Crippen molar-refractivity contribution in [3.63, 3.8) is 0 Å². The number of nitrogens with zero attached hydrogens (tertiary/aromatic N) is 2. The van der Waals surface area contributed by atoms with E-state index in [1.807, 2.05) is 0 Å². The fraction of sp³-hybridized carbons (Fsp3) is 0.333. The van der Waals surface area contributed by atoms with Crippen molar-refractivity contribution < 1.29 is 29.3 Å². The Labute approximate surface area is 115 Å². The van der Waals surface area contributed by atoms with Gasteiger partial charge >= 0.3 is 11.9 Å². The second-order valence-corrected chi connectivity index (χ2v) is 3.21. The molecule has 0 bridgehead atoms. The van der Waals surface area contributed by atoms with Crippen molar-refractivity contribution in [1.82, 2.24) is 0 Å². The molecule has 0 saturated heterocycles. The topological polar surface area (TPSA) is 107 Å². The SMILES string of the molecule is [C-]#[N+]/C(=C/[O-])C(=O)OCCCCOC(=O)/C(=C\[O-])[N+]#[C-]. The van der Waals surface area contributed by atoms with Crippen LogP contribution in [0, 0.1) is 13.1 Å². The van der Waals surface area contributed by atoms with E-state index in [1.54, 1.807) is 0 Å². The van der Waals surface area contributed by atoms with Crippen LogP contribution in [0.25, 0.3) is 9.69 Å². The largest absolute Gasteiger partial charge is 0.886 e. The van der Waals surface area contributed by atoms with Crippen LogP contribution in [0.1, 0.15) is 12.8 Å². The van der Waals surface area contributed by atoms with Gasteiger partial charge in [-0.1, -0.05) is 0 Å². The van der Waals surface area contributed by atoms with Crippen LogP contribution in [0.3, 0.4) is 0 Å². The average molecular weight is 278 g/mol. The Kier molecular flexibility index (Phi) is 8.48. The number of unbranched alkanes of at least 4 members (excludes halogenated alkanes) is 1. The molecule has 20 heavy (non-hydrogen) atoms. The van der Waals surface area contributed by atoms with Crippen LogP contribution in [0.15, 0.2) is 23.9 Å². The van der Waals surface area contributed by atoms with Gasteiger partial charge in [-0.2, -0.15) is 0 Å². The van der Waals surface area contributed by atoms with Crippen LogP contribution in [0.4, 0.5) is 0 Å².